The fourth-order valence-corrected chi connectivity index (χ4v) is 6.39. The first kappa shape index (κ1) is 37.4. The van der Waals surface area contributed by atoms with E-state index in [0.717, 1.165) is 0 Å². The number of hydrogen-bond acceptors (Lipinski definition) is 0. The Labute approximate surface area is 277 Å². The Morgan fingerprint density at radius 3 is 0.744 bits per heavy atom. The number of rotatable bonds is 10. The van der Waals surface area contributed by atoms with E-state index in [0.29, 0.717) is 47.3 Å². The number of hydrogen-bond donors (Lipinski definition) is 0. The van der Waals surface area contributed by atoms with Crippen molar-refractivity contribution in [2.24, 2.45) is 0 Å². The summed E-state index contributed by atoms with van der Waals surface area (Å²) in [4.78, 5) is 0. The normalized spacial score (nSPS) is 12.3. The van der Waals surface area contributed by atoms with E-state index >= 15 is 0 Å². The summed E-state index contributed by atoms with van der Waals surface area (Å²) in [6, 6.07) is 16.8. The van der Waals surface area contributed by atoms with Gasteiger partial charge in [0.05, 0.1) is 0 Å². The van der Waals surface area contributed by atoms with E-state index in [1.54, 1.807) is 0 Å². The second-order valence-corrected chi connectivity index (χ2v) is 15.3. The summed E-state index contributed by atoms with van der Waals surface area (Å²) in [5, 5.41) is 0. The molecule has 239 valence electrons. The maximum atomic E-state index is 4.26. The third kappa shape index (κ3) is 7.88. The minimum Gasteiger partial charge on any atom is -0.122 e. The van der Waals surface area contributed by atoms with Gasteiger partial charge in [0.2, 0.25) is 0 Å². The summed E-state index contributed by atoms with van der Waals surface area (Å²) in [7, 11) is 0. The van der Waals surface area contributed by atoms with E-state index < -0.39 is 0 Å². The van der Waals surface area contributed by atoms with E-state index in [1.807, 2.05) is 0 Å². The zero-order chi connectivity index (χ0) is 31.8. The zero-order valence-corrected chi connectivity index (χ0v) is 31.4. The van der Waals surface area contributed by atoms with Gasteiger partial charge in [-0.15, -0.1) is 34.4 Å². The van der Waals surface area contributed by atoms with Crippen LogP contribution in [0.25, 0.3) is 22.3 Å². The van der Waals surface area contributed by atoms with Crippen molar-refractivity contribution in [2.75, 3.05) is 0 Å². The third-order valence-corrected chi connectivity index (χ3v) is 9.15. The van der Waals surface area contributed by atoms with Gasteiger partial charge < -0.3 is 0 Å². The van der Waals surface area contributed by atoms with Crippen LogP contribution in [0.15, 0.2) is 30.3 Å². The van der Waals surface area contributed by atoms with Gasteiger partial charge in [0, 0.05) is 16.8 Å². The molecule has 3 aromatic carbocycles. The Balaban J connectivity index is 0.00000645. The molecule has 0 aliphatic heterocycles. The fourth-order valence-electron chi connectivity index (χ4n) is 6.39. The summed E-state index contributed by atoms with van der Waals surface area (Å²) in [5.41, 5.74) is 17.1. The monoisotopic (exact) mass is 624 g/mol. The average Bonchev–Trinajstić information content (AvgIpc) is 2.90. The fraction of sp³-hybridized carbons (Fsp3) is 0.571. The zero-order valence-electron chi connectivity index (χ0n) is 30.3. The molecule has 0 spiro atoms. The van der Waals surface area contributed by atoms with Crippen molar-refractivity contribution < 1.29 is 16.8 Å². The van der Waals surface area contributed by atoms with Crippen LogP contribution < -0.4 is 0 Å². The molecule has 1 heteroatoms. The molecule has 0 heterocycles. The van der Waals surface area contributed by atoms with Crippen LogP contribution in [0.4, 0.5) is 0 Å². The summed E-state index contributed by atoms with van der Waals surface area (Å²) in [6.07, 6.45) is 0. The SMILES string of the molecule is CC(C)c1cc(C(C)C)c(-c2[c-]c(-c3c(C(C)C)cc(C(C)C)cc3C(C)C)c(C(C)C)cc2C(C)C)c(C(C)C)c1.[Co]. The maximum absolute atomic E-state index is 4.26. The van der Waals surface area contributed by atoms with E-state index in [1.165, 1.54) is 66.8 Å². The molecule has 1 radical (unpaired) electrons. The maximum Gasteiger partial charge on any atom is 0 e. The smallest absolute Gasteiger partial charge is 0 e. The third-order valence-electron chi connectivity index (χ3n) is 9.15. The van der Waals surface area contributed by atoms with Crippen LogP contribution in [0.2, 0.25) is 0 Å². The Morgan fingerprint density at radius 1 is 0.326 bits per heavy atom. The molecule has 0 aromatic heterocycles. The molecule has 0 unspecified atom stereocenters. The molecular weight excluding hydrogens is 563 g/mol. The Hall–Kier alpha value is -1.83. The van der Waals surface area contributed by atoms with E-state index in [-0.39, 0.29) is 16.8 Å². The quantitative estimate of drug-likeness (QED) is 0.197. The van der Waals surface area contributed by atoms with Crippen LogP contribution in [0.1, 0.15) is 203 Å². The summed E-state index contributed by atoms with van der Waals surface area (Å²) in [6.45, 7) is 37.7. The molecule has 0 nitrogen and oxygen atoms in total. The van der Waals surface area contributed by atoms with E-state index in [4.69, 9.17) is 0 Å². The molecule has 0 saturated carbocycles. The van der Waals surface area contributed by atoms with E-state index in [9.17, 15) is 0 Å². The van der Waals surface area contributed by atoms with Gasteiger partial charge >= 0.3 is 0 Å². The van der Waals surface area contributed by atoms with Crippen molar-refractivity contribution >= 4 is 0 Å². The van der Waals surface area contributed by atoms with Crippen LogP contribution >= 0.6 is 0 Å². The van der Waals surface area contributed by atoms with Crippen molar-refractivity contribution in [3.8, 4) is 22.3 Å². The van der Waals surface area contributed by atoms with Crippen molar-refractivity contribution in [1.82, 2.24) is 0 Å². The molecule has 0 aliphatic rings. The van der Waals surface area contributed by atoms with Crippen LogP contribution in [-0.2, 0) is 16.8 Å². The molecule has 0 fully saturated rings. The van der Waals surface area contributed by atoms with Gasteiger partial charge in [-0.2, -0.15) is 0 Å². The topological polar surface area (TPSA) is 0 Å². The molecular formula is C42H61Co-. The van der Waals surface area contributed by atoms with Gasteiger partial charge in [0.25, 0.3) is 0 Å². The minimum absolute atomic E-state index is 0. The second-order valence-electron chi connectivity index (χ2n) is 15.3. The van der Waals surface area contributed by atoms with Crippen molar-refractivity contribution in [1.29, 1.82) is 0 Å². The van der Waals surface area contributed by atoms with Crippen LogP contribution in [0, 0.1) is 6.07 Å². The molecule has 43 heavy (non-hydrogen) atoms. The predicted octanol–water partition coefficient (Wildman–Crippen LogP) is 13.8. The molecule has 0 atom stereocenters. The van der Waals surface area contributed by atoms with Gasteiger partial charge in [0.1, 0.15) is 0 Å². The Morgan fingerprint density at radius 2 is 0.558 bits per heavy atom. The Bertz CT molecular complexity index is 1220. The summed E-state index contributed by atoms with van der Waals surface area (Å²) in [5.74, 6) is 3.55. The molecule has 0 bridgehead atoms. The van der Waals surface area contributed by atoms with Crippen molar-refractivity contribution in [3.05, 3.63) is 80.9 Å². The largest absolute Gasteiger partial charge is 0.122 e. The second kappa shape index (κ2) is 15.0. The van der Waals surface area contributed by atoms with Gasteiger partial charge in [-0.1, -0.05) is 168 Å². The summed E-state index contributed by atoms with van der Waals surface area (Å²) >= 11 is 0. The van der Waals surface area contributed by atoms with Crippen LogP contribution in [0.5, 0.6) is 0 Å². The molecule has 0 N–H and O–H groups in total. The van der Waals surface area contributed by atoms with Gasteiger partial charge in [-0.25, -0.2) is 0 Å². The molecule has 0 saturated heterocycles. The molecule has 0 aliphatic carbocycles. The first-order valence-electron chi connectivity index (χ1n) is 16.9. The predicted molar refractivity (Wildman–Crippen MR) is 189 cm³/mol. The van der Waals surface area contributed by atoms with Gasteiger partial charge in [-0.3, -0.25) is 0 Å². The molecule has 3 aromatic rings. The first-order valence-corrected chi connectivity index (χ1v) is 16.9. The Kier molecular flexibility index (Phi) is 13.0. The van der Waals surface area contributed by atoms with Crippen molar-refractivity contribution in [2.45, 2.75) is 158 Å². The van der Waals surface area contributed by atoms with E-state index in [2.05, 4.69) is 147 Å². The van der Waals surface area contributed by atoms with Crippen LogP contribution in [-0.4, -0.2) is 0 Å². The molecule has 0 amide bonds. The van der Waals surface area contributed by atoms with Crippen LogP contribution in [0.3, 0.4) is 0 Å². The summed E-state index contributed by atoms with van der Waals surface area (Å²) < 4.78 is 0. The molecule has 3 rings (SSSR count). The van der Waals surface area contributed by atoms with Crippen molar-refractivity contribution in [3.63, 3.8) is 0 Å². The first-order chi connectivity index (χ1) is 19.5. The standard InChI is InChI=1S/C42H61.Co/c1-23(2)31-17-35(27(9)10)41(36(18-31)28(11)12)39-22-40(34(26(7)8)21-33(39)25(5)6)42-37(29(13)14)19-32(24(3)4)20-38(42)30(15)16;/h17-21,23-30H,1-16H3;/q-1;. The van der Waals surface area contributed by atoms with Gasteiger partial charge in [0.15, 0.2) is 0 Å². The number of benzene rings is 3. The average molecular weight is 625 g/mol. The van der Waals surface area contributed by atoms with Gasteiger partial charge in [-0.05, 0) is 58.5 Å². The minimum atomic E-state index is 0.